The van der Waals surface area contributed by atoms with Crippen molar-refractivity contribution in [1.29, 1.82) is 0 Å². The van der Waals surface area contributed by atoms with E-state index in [2.05, 4.69) is 6.07 Å². The summed E-state index contributed by atoms with van der Waals surface area (Å²) in [4.78, 5) is 0. The van der Waals surface area contributed by atoms with Gasteiger partial charge in [0.2, 0.25) is 0 Å². The van der Waals surface area contributed by atoms with Gasteiger partial charge in [-0.05, 0) is 0 Å². The number of hydrogen-bond donors (Lipinski definition) is 0. The Morgan fingerprint density at radius 1 is 0.474 bits per heavy atom. The molecule has 1 aliphatic heterocycles. The third-order valence-corrected chi connectivity index (χ3v) is 38.8. The van der Waals surface area contributed by atoms with Gasteiger partial charge in [-0.3, -0.25) is 0 Å². The van der Waals surface area contributed by atoms with Crippen molar-refractivity contribution in [2.24, 2.45) is 0 Å². The maximum atomic E-state index is 14.8. The number of benzene rings is 6. The van der Waals surface area contributed by atoms with Gasteiger partial charge in [0.15, 0.2) is 0 Å². The van der Waals surface area contributed by atoms with E-state index in [0.29, 0.717) is 71.9 Å². The van der Waals surface area contributed by atoms with Crippen molar-refractivity contribution in [3.63, 3.8) is 0 Å². The second-order valence-corrected chi connectivity index (χ2v) is 45.8. The van der Waals surface area contributed by atoms with Gasteiger partial charge in [-0.25, -0.2) is 0 Å². The summed E-state index contributed by atoms with van der Waals surface area (Å²) >= 11 is -6.66. The molecule has 0 spiro atoms. The van der Waals surface area contributed by atoms with E-state index in [1.54, 1.807) is 12.1 Å². The SMILES string of the molecule is CCCCC1=Cc2c(ccc(C(C)(C)C)c2-c2cc(C(F)(F)F)cc(C(F)(F)F)c2)[CH]1[Zr]([Cl])([Cl])([c]1cccc2c1[SiH2]c1ccccc1-2)[CH]1C(CCCC)=Cc2c1ccc(C(C)(C)C)c2-c1cc(C(F)(F)F)cc(C(F)(F)F)c1. The van der Waals surface area contributed by atoms with Crippen LogP contribution in [0.5, 0.6) is 0 Å². The molecule has 0 radical (unpaired) electrons. The van der Waals surface area contributed by atoms with Gasteiger partial charge in [0.05, 0.1) is 0 Å². The van der Waals surface area contributed by atoms with Crippen LogP contribution in [0, 0.1) is 0 Å². The van der Waals surface area contributed by atoms with Gasteiger partial charge in [0.25, 0.3) is 0 Å². The van der Waals surface area contributed by atoms with Crippen LogP contribution in [0.3, 0.4) is 0 Å². The molecule has 0 N–H and O–H groups in total. The minimum absolute atomic E-state index is 0.116. The molecule has 1 heterocycles. The van der Waals surface area contributed by atoms with E-state index in [1.165, 1.54) is 0 Å². The fraction of sp³-hybridized carbons (Fsp3) is 0.355. The molecule has 3 aliphatic rings. The van der Waals surface area contributed by atoms with Crippen LogP contribution in [0.1, 0.15) is 157 Å². The second kappa shape index (κ2) is 20.0. The number of fused-ring (bicyclic) bond motifs is 5. The first-order valence-electron chi connectivity index (χ1n) is 26.2. The summed E-state index contributed by atoms with van der Waals surface area (Å²) in [6.07, 6.45) is -13.5. The molecule has 16 heteroatoms. The summed E-state index contributed by atoms with van der Waals surface area (Å²) in [6.45, 7) is 15.0. The molecular formula is C62H59Cl2F12SiZr. The van der Waals surface area contributed by atoms with Crippen LogP contribution < -0.4 is 13.6 Å². The van der Waals surface area contributed by atoms with Gasteiger partial charge < -0.3 is 0 Å². The molecule has 0 nitrogen and oxygen atoms in total. The first-order chi connectivity index (χ1) is 36.1. The Morgan fingerprint density at radius 2 is 0.859 bits per heavy atom. The Morgan fingerprint density at radius 3 is 1.23 bits per heavy atom. The normalized spacial score (nSPS) is 17.6. The predicted octanol–water partition coefficient (Wildman–Crippen LogP) is 19.1. The van der Waals surface area contributed by atoms with Gasteiger partial charge >= 0.3 is 461 Å². The molecule has 0 bridgehead atoms. The molecule has 0 saturated carbocycles. The summed E-state index contributed by atoms with van der Waals surface area (Å²) in [6, 6.07) is 24.4. The van der Waals surface area contributed by atoms with E-state index in [4.69, 9.17) is 0 Å². The van der Waals surface area contributed by atoms with Gasteiger partial charge in [0, 0.05) is 0 Å². The van der Waals surface area contributed by atoms with E-state index in [1.807, 2.05) is 116 Å². The minimum atomic E-state index is -6.66. The second-order valence-electron chi connectivity index (χ2n) is 23.4. The van der Waals surface area contributed by atoms with Gasteiger partial charge in [-0.15, -0.1) is 0 Å². The van der Waals surface area contributed by atoms with Crippen LogP contribution in [0.4, 0.5) is 52.7 Å². The fourth-order valence-corrected chi connectivity index (χ4v) is 40.6. The quantitative estimate of drug-likeness (QED) is 0.0894. The average molecular weight is 1220 g/mol. The Kier molecular flexibility index (Phi) is 14.9. The zero-order valence-corrected chi connectivity index (χ0v) is 49.7. The van der Waals surface area contributed by atoms with E-state index in [0.717, 1.165) is 60.2 Å². The predicted molar refractivity (Wildman–Crippen MR) is 293 cm³/mol. The van der Waals surface area contributed by atoms with Crippen LogP contribution in [-0.2, 0) is 51.9 Å². The number of unbranched alkanes of at least 4 members (excludes halogenated alkanes) is 2. The Hall–Kier alpha value is -4.36. The monoisotopic (exact) mass is 1220 g/mol. The maximum absolute atomic E-state index is 14.8. The summed E-state index contributed by atoms with van der Waals surface area (Å²) in [5.41, 5.74) is -1.53. The van der Waals surface area contributed by atoms with E-state index in [9.17, 15) is 69.7 Å². The number of hydrogen-bond acceptors (Lipinski definition) is 0. The Balaban J connectivity index is 1.45. The van der Waals surface area contributed by atoms with Crippen molar-refractivity contribution >= 4 is 52.3 Å². The van der Waals surface area contributed by atoms with Crippen molar-refractivity contribution < 1.29 is 69.1 Å². The van der Waals surface area contributed by atoms with Crippen LogP contribution in [0.2, 0.25) is 0 Å². The summed E-state index contributed by atoms with van der Waals surface area (Å²) < 4.78 is 177. The molecule has 0 amide bonds. The Bertz CT molecular complexity index is 3200. The van der Waals surface area contributed by atoms with Crippen molar-refractivity contribution in [3.8, 4) is 33.4 Å². The van der Waals surface area contributed by atoms with Crippen LogP contribution >= 0.6 is 17.0 Å². The van der Waals surface area contributed by atoms with Crippen LogP contribution in [-0.4, -0.2) is 9.52 Å². The molecule has 6 aromatic carbocycles. The molecule has 2 unspecified atom stereocenters. The van der Waals surface area contributed by atoms with Crippen molar-refractivity contribution in [1.82, 2.24) is 0 Å². The molecule has 6 aromatic rings. The molecule has 0 saturated heterocycles. The molecule has 0 aromatic heterocycles. The van der Waals surface area contributed by atoms with Gasteiger partial charge in [-0.2, -0.15) is 0 Å². The fourth-order valence-electron chi connectivity index (χ4n) is 12.6. The van der Waals surface area contributed by atoms with Crippen LogP contribution in [0.25, 0.3) is 45.5 Å². The Labute approximate surface area is 458 Å². The van der Waals surface area contributed by atoms with Gasteiger partial charge in [0.1, 0.15) is 0 Å². The molecule has 0 fully saturated rings. The molecule has 2 atom stereocenters. The zero-order chi connectivity index (χ0) is 57.1. The third kappa shape index (κ3) is 10.3. The summed E-state index contributed by atoms with van der Waals surface area (Å²) in [7, 11) is 17.2. The van der Waals surface area contributed by atoms with E-state index in [-0.39, 0.29) is 34.4 Å². The number of alkyl halides is 12. The number of rotatable bonds is 11. The van der Waals surface area contributed by atoms with Crippen molar-refractivity contribution in [2.75, 3.05) is 0 Å². The first kappa shape index (κ1) is 58.3. The third-order valence-electron chi connectivity index (χ3n) is 16.0. The van der Waals surface area contributed by atoms with E-state index < -0.39 is 91.0 Å². The van der Waals surface area contributed by atoms with Crippen molar-refractivity contribution in [3.05, 3.63) is 170 Å². The summed E-state index contributed by atoms with van der Waals surface area (Å²) in [5, 5.41) is 2.12. The number of allylic oxidation sites excluding steroid dienone is 2. The molecule has 9 rings (SSSR count). The number of halogens is 14. The molecular weight excluding hydrogens is 1160 g/mol. The first-order valence-corrected chi connectivity index (χ1v) is 38.0. The van der Waals surface area contributed by atoms with Gasteiger partial charge in [-0.1, -0.05) is 0 Å². The van der Waals surface area contributed by atoms with E-state index >= 15 is 0 Å². The zero-order valence-electron chi connectivity index (χ0n) is 44.4. The standard InChI is InChI=1S/2C25H25F6.C12H9Si.2ClH.Zr/c2*1-5-6-7-15-10-16-8-9-21(23(2,3)4)22(20(16)11-15)17-12-18(24(26,27)28)14-19(13-17)25(29,30)31;1-3-7-11-9(5-1)10-6-2-4-8-12(10)13-11;;;/h2*8-14H,5-7H2,1-4H3;1-7H,13H2;2*1H;/q;;;;;+2/p-2. The van der Waals surface area contributed by atoms with Crippen LogP contribution in [0.15, 0.2) is 114 Å². The molecule has 78 heavy (non-hydrogen) atoms. The molecule has 2 aliphatic carbocycles. The average Bonchev–Trinajstić information content (AvgIpc) is 4.07. The van der Waals surface area contributed by atoms with Crippen molar-refractivity contribution in [2.45, 2.75) is 137 Å². The molecule has 413 valence electrons. The topological polar surface area (TPSA) is 0 Å². The summed E-state index contributed by atoms with van der Waals surface area (Å²) in [5.74, 6) is 0.